The molecule has 0 amide bonds. The van der Waals surface area contributed by atoms with Gasteiger partial charge in [0.25, 0.3) is 0 Å². The van der Waals surface area contributed by atoms with E-state index in [-0.39, 0.29) is 29.0 Å². The van der Waals surface area contributed by atoms with Crippen LogP contribution in [0.3, 0.4) is 0 Å². The lowest BCUT2D eigenvalue weighted by Crippen LogP contribution is -2.61. The van der Waals surface area contributed by atoms with Crippen LogP contribution in [-0.4, -0.2) is 45.2 Å². The summed E-state index contributed by atoms with van der Waals surface area (Å²) in [6, 6.07) is 0. The molecule has 0 heterocycles. The van der Waals surface area contributed by atoms with Crippen LogP contribution in [0.5, 0.6) is 0 Å². The molecule has 7 atom stereocenters. The highest BCUT2D eigenvalue weighted by atomic mass is 16.3. The van der Waals surface area contributed by atoms with Crippen molar-refractivity contribution in [3.63, 3.8) is 0 Å². The molecule has 4 aliphatic carbocycles. The molecule has 26 heavy (non-hydrogen) atoms. The predicted octanol–water partition coefficient (Wildman–Crippen LogP) is 1.56. The van der Waals surface area contributed by atoms with E-state index in [0.29, 0.717) is 25.7 Å². The third kappa shape index (κ3) is 2.08. The second-order valence-electron chi connectivity index (χ2n) is 9.22. The maximum atomic E-state index is 12.3. The molecule has 142 valence electrons. The average molecular weight is 360 g/mol. The van der Waals surface area contributed by atoms with Gasteiger partial charge in [-0.15, -0.1) is 0 Å². The number of rotatable bonds is 2. The number of Topliss-reactive ketones (excluding diaryl/α,β-unsaturated/α-hetero) is 1. The summed E-state index contributed by atoms with van der Waals surface area (Å²) in [6.07, 6.45) is 7.74. The molecule has 0 radical (unpaired) electrons. The number of allylic oxidation sites excluding steroid dienone is 4. The van der Waals surface area contributed by atoms with Gasteiger partial charge in [-0.25, -0.2) is 0 Å². The number of hydrogen-bond acceptors (Lipinski definition) is 5. The highest BCUT2D eigenvalue weighted by molar-refractivity contribution is 5.92. The number of aliphatic hydroxyl groups excluding tert-OH is 2. The maximum Gasteiger partial charge on any atom is 0.190 e. The average Bonchev–Trinajstić information content (AvgIpc) is 2.86. The van der Waals surface area contributed by atoms with Gasteiger partial charge in [0.05, 0.1) is 6.10 Å². The molecule has 0 aromatic rings. The van der Waals surface area contributed by atoms with Crippen LogP contribution in [0.1, 0.15) is 46.0 Å². The summed E-state index contributed by atoms with van der Waals surface area (Å²) in [5, 5.41) is 31.7. The summed E-state index contributed by atoms with van der Waals surface area (Å²) >= 11 is 0. The molecular formula is C21H28O5. The van der Waals surface area contributed by atoms with Crippen LogP contribution in [0.25, 0.3) is 0 Å². The molecule has 2 fully saturated rings. The largest absolute Gasteiger partial charge is 0.393 e. The van der Waals surface area contributed by atoms with Crippen molar-refractivity contribution in [3.05, 3.63) is 23.8 Å². The summed E-state index contributed by atoms with van der Waals surface area (Å²) in [4.78, 5) is 24.2. The topological polar surface area (TPSA) is 94.8 Å². The minimum Gasteiger partial charge on any atom is -0.393 e. The van der Waals surface area contributed by atoms with Crippen LogP contribution >= 0.6 is 0 Å². The van der Waals surface area contributed by atoms with Crippen molar-refractivity contribution >= 4 is 11.6 Å². The van der Waals surface area contributed by atoms with Gasteiger partial charge < -0.3 is 15.3 Å². The summed E-state index contributed by atoms with van der Waals surface area (Å²) in [7, 11) is 0. The van der Waals surface area contributed by atoms with E-state index in [1.54, 1.807) is 6.08 Å². The van der Waals surface area contributed by atoms with Gasteiger partial charge in [0, 0.05) is 17.8 Å². The smallest absolute Gasteiger partial charge is 0.190 e. The van der Waals surface area contributed by atoms with Gasteiger partial charge in [-0.1, -0.05) is 26.0 Å². The Hall–Kier alpha value is -1.30. The quantitative estimate of drug-likeness (QED) is 0.695. The normalized spacial score (nSPS) is 49.9. The van der Waals surface area contributed by atoms with Crippen molar-refractivity contribution in [2.24, 2.45) is 28.6 Å². The van der Waals surface area contributed by atoms with E-state index in [1.807, 2.05) is 13.0 Å². The maximum absolute atomic E-state index is 12.3. The zero-order chi connectivity index (χ0) is 18.9. The Kier molecular flexibility index (Phi) is 3.89. The first-order valence-corrected chi connectivity index (χ1v) is 9.65. The Labute approximate surface area is 153 Å². The highest BCUT2D eigenvalue weighted by Crippen LogP contribution is 2.66. The predicted molar refractivity (Wildman–Crippen MR) is 95.0 cm³/mol. The fourth-order valence-corrected chi connectivity index (χ4v) is 6.72. The van der Waals surface area contributed by atoms with Crippen LogP contribution < -0.4 is 0 Å². The first-order chi connectivity index (χ1) is 12.2. The van der Waals surface area contributed by atoms with Gasteiger partial charge in [0.1, 0.15) is 12.2 Å². The Bertz CT molecular complexity index is 724. The number of aliphatic hydroxyl groups is 3. The molecule has 0 aromatic heterocycles. The fraction of sp³-hybridized carbons (Fsp3) is 0.714. The van der Waals surface area contributed by atoms with Gasteiger partial charge in [-0.05, 0) is 54.6 Å². The molecule has 0 aromatic carbocycles. The minimum absolute atomic E-state index is 0.0171. The monoisotopic (exact) mass is 360 g/mol. The summed E-state index contributed by atoms with van der Waals surface area (Å²) in [5.41, 5.74) is -1.58. The van der Waals surface area contributed by atoms with Crippen LogP contribution in [0, 0.1) is 28.6 Å². The first kappa shape index (κ1) is 18.1. The van der Waals surface area contributed by atoms with Crippen molar-refractivity contribution in [2.75, 3.05) is 6.61 Å². The van der Waals surface area contributed by atoms with E-state index in [2.05, 4.69) is 13.0 Å². The number of carbonyl (C=O) groups is 2. The molecule has 5 nitrogen and oxygen atoms in total. The molecule has 4 rings (SSSR count). The standard InChI is InChI=1S/C21H28O5/c1-19-7-5-13(23)9-12(19)3-4-14-15-6-8-21(26,17(25)11-22)20(15,2)10-16(24)18(14)19/h3-4,9,14-16,18,22,24,26H,5-8,10-11H2,1-2H3/t14-,15-,16?,18+,19-,20-,21-/m0/s1. The molecule has 0 saturated heterocycles. The third-order valence-electron chi connectivity index (χ3n) is 8.21. The molecule has 3 N–H and O–H groups in total. The molecule has 2 saturated carbocycles. The number of ketones is 2. The second kappa shape index (κ2) is 5.60. The molecule has 0 bridgehead atoms. The zero-order valence-electron chi connectivity index (χ0n) is 15.4. The van der Waals surface area contributed by atoms with E-state index in [9.17, 15) is 24.9 Å². The summed E-state index contributed by atoms with van der Waals surface area (Å²) < 4.78 is 0. The van der Waals surface area contributed by atoms with Gasteiger partial charge >= 0.3 is 0 Å². The Morgan fingerprint density at radius 2 is 2.04 bits per heavy atom. The molecule has 4 aliphatic rings. The zero-order valence-corrected chi connectivity index (χ0v) is 15.4. The highest BCUT2D eigenvalue weighted by Gasteiger charge is 2.67. The van der Waals surface area contributed by atoms with E-state index >= 15 is 0 Å². The third-order valence-corrected chi connectivity index (χ3v) is 8.21. The lowest BCUT2D eigenvalue weighted by Gasteiger charge is -2.58. The van der Waals surface area contributed by atoms with Crippen LogP contribution in [0.2, 0.25) is 0 Å². The Balaban J connectivity index is 1.78. The van der Waals surface area contributed by atoms with Gasteiger partial charge in [0.15, 0.2) is 11.6 Å². The molecule has 1 unspecified atom stereocenters. The lowest BCUT2D eigenvalue weighted by molar-refractivity contribution is -0.174. The van der Waals surface area contributed by atoms with E-state index in [0.717, 1.165) is 12.0 Å². The second-order valence-corrected chi connectivity index (χ2v) is 9.22. The number of carbonyl (C=O) groups excluding carboxylic acids is 2. The van der Waals surface area contributed by atoms with Crippen LogP contribution in [0.4, 0.5) is 0 Å². The van der Waals surface area contributed by atoms with Crippen molar-refractivity contribution < 1.29 is 24.9 Å². The Morgan fingerprint density at radius 1 is 1.31 bits per heavy atom. The number of fused-ring (bicyclic) bond motifs is 5. The van der Waals surface area contributed by atoms with Crippen molar-refractivity contribution in [3.8, 4) is 0 Å². The molecule has 5 heteroatoms. The summed E-state index contributed by atoms with van der Waals surface area (Å²) in [5.74, 6) is -0.290. The van der Waals surface area contributed by atoms with E-state index in [4.69, 9.17) is 0 Å². The van der Waals surface area contributed by atoms with E-state index in [1.165, 1.54) is 0 Å². The van der Waals surface area contributed by atoms with Gasteiger partial charge in [-0.2, -0.15) is 0 Å². The minimum atomic E-state index is -1.58. The van der Waals surface area contributed by atoms with E-state index < -0.39 is 29.5 Å². The summed E-state index contributed by atoms with van der Waals surface area (Å²) in [6.45, 7) is 3.35. The van der Waals surface area contributed by atoms with Crippen molar-refractivity contribution in [1.82, 2.24) is 0 Å². The van der Waals surface area contributed by atoms with Gasteiger partial charge in [-0.3, -0.25) is 9.59 Å². The SMILES string of the molecule is C[C@]12CCC(=O)C=C1C=C[C@@H]1[C@@H]2C(O)C[C@@]2(C)[C@H]1CC[C@]2(O)C(=O)CO. The van der Waals surface area contributed by atoms with Crippen LogP contribution in [-0.2, 0) is 9.59 Å². The fourth-order valence-electron chi connectivity index (χ4n) is 6.72. The molecular weight excluding hydrogens is 332 g/mol. The lowest BCUT2D eigenvalue weighted by atomic mass is 9.47. The number of hydrogen-bond donors (Lipinski definition) is 3. The van der Waals surface area contributed by atoms with Crippen LogP contribution in [0.15, 0.2) is 23.8 Å². The molecule has 0 aliphatic heterocycles. The van der Waals surface area contributed by atoms with Crippen molar-refractivity contribution in [2.45, 2.75) is 57.7 Å². The molecule has 0 spiro atoms. The first-order valence-electron chi connectivity index (χ1n) is 9.65. The van der Waals surface area contributed by atoms with Crippen molar-refractivity contribution in [1.29, 1.82) is 0 Å². The Morgan fingerprint density at radius 3 is 2.73 bits per heavy atom. The van der Waals surface area contributed by atoms with Gasteiger partial charge in [0.2, 0.25) is 0 Å².